The lowest BCUT2D eigenvalue weighted by molar-refractivity contribution is 0.0954. The van der Waals surface area contributed by atoms with Crippen LogP contribution in [-0.2, 0) is 16.4 Å². The molecule has 2 rings (SSSR count). The maximum absolute atomic E-state index is 12.1. The molecule has 1 heterocycles. The highest BCUT2D eigenvalue weighted by Gasteiger charge is 2.08. The molecule has 0 bridgehead atoms. The molecular formula is C18H24N4O3S. The van der Waals surface area contributed by atoms with Crippen molar-refractivity contribution in [2.24, 2.45) is 5.14 Å². The lowest BCUT2D eigenvalue weighted by Gasteiger charge is -2.07. The van der Waals surface area contributed by atoms with Crippen molar-refractivity contribution in [1.29, 1.82) is 0 Å². The standard InChI is InChI=1S/C18H24N4O3S/c1-2-3-11-20-17-9-6-15(13-22-17)18(23)21-12-10-14-4-7-16(8-5-14)26(19,24)25/h4-9,13H,2-3,10-12H2,1H3,(H,20,22)(H,21,23)(H2,19,24,25). The van der Waals surface area contributed by atoms with Crippen LogP contribution in [0.4, 0.5) is 5.82 Å². The lowest BCUT2D eigenvalue weighted by atomic mass is 10.1. The number of rotatable bonds is 9. The Morgan fingerprint density at radius 2 is 1.85 bits per heavy atom. The predicted octanol–water partition coefficient (Wildman–Crippen LogP) is 1.91. The van der Waals surface area contributed by atoms with Crippen molar-refractivity contribution in [1.82, 2.24) is 10.3 Å². The van der Waals surface area contributed by atoms with Crippen molar-refractivity contribution in [3.8, 4) is 0 Å². The summed E-state index contributed by atoms with van der Waals surface area (Å²) in [7, 11) is -3.68. The third kappa shape index (κ3) is 6.12. The summed E-state index contributed by atoms with van der Waals surface area (Å²) in [4.78, 5) is 16.4. The molecule has 0 atom stereocenters. The Labute approximate surface area is 154 Å². The minimum absolute atomic E-state index is 0.0731. The van der Waals surface area contributed by atoms with Crippen molar-refractivity contribution in [2.45, 2.75) is 31.1 Å². The molecule has 0 unspecified atom stereocenters. The number of nitrogens with zero attached hydrogens (tertiary/aromatic N) is 1. The van der Waals surface area contributed by atoms with Crippen molar-refractivity contribution < 1.29 is 13.2 Å². The molecule has 0 aliphatic rings. The number of carbonyl (C=O) groups excluding carboxylic acids is 1. The Hall–Kier alpha value is -2.45. The van der Waals surface area contributed by atoms with E-state index in [0.717, 1.165) is 30.8 Å². The molecule has 4 N–H and O–H groups in total. The van der Waals surface area contributed by atoms with Gasteiger partial charge in [0.1, 0.15) is 5.82 Å². The van der Waals surface area contributed by atoms with Gasteiger partial charge in [0.15, 0.2) is 0 Å². The van der Waals surface area contributed by atoms with E-state index in [1.807, 2.05) is 0 Å². The number of hydrogen-bond donors (Lipinski definition) is 3. The number of benzene rings is 1. The number of aromatic nitrogens is 1. The van der Waals surface area contributed by atoms with Crippen LogP contribution in [-0.4, -0.2) is 32.4 Å². The van der Waals surface area contributed by atoms with Gasteiger partial charge in [0, 0.05) is 19.3 Å². The topological polar surface area (TPSA) is 114 Å². The Bertz CT molecular complexity index is 819. The number of primary sulfonamides is 1. The smallest absolute Gasteiger partial charge is 0.252 e. The molecule has 0 aliphatic heterocycles. The highest BCUT2D eigenvalue weighted by atomic mass is 32.2. The first-order chi connectivity index (χ1) is 12.4. The second-order valence-corrected chi connectivity index (χ2v) is 7.47. The summed E-state index contributed by atoms with van der Waals surface area (Å²) in [5.74, 6) is 0.559. The molecule has 2 aromatic rings. The number of nitrogens with two attached hydrogens (primary N) is 1. The second kappa shape index (κ2) is 9.30. The molecule has 1 amide bonds. The molecule has 1 aromatic carbocycles. The molecule has 0 radical (unpaired) electrons. The summed E-state index contributed by atoms with van der Waals surface area (Å²) in [5, 5.41) is 11.1. The average molecular weight is 376 g/mol. The number of unbranched alkanes of at least 4 members (excludes halogenated alkanes) is 1. The minimum atomic E-state index is -3.68. The van der Waals surface area contributed by atoms with Crippen molar-refractivity contribution in [3.63, 3.8) is 0 Å². The van der Waals surface area contributed by atoms with E-state index >= 15 is 0 Å². The van der Waals surface area contributed by atoms with Gasteiger partial charge in [-0.3, -0.25) is 4.79 Å². The molecule has 26 heavy (non-hydrogen) atoms. The normalized spacial score (nSPS) is 11.2. The van der Waals surface area contributed by atoms with Crippen molar-refractivity contribution in [2.75, 3.05) is 18.4 Å². The number of nitrogens with one attached hydrogen (secondary N) is 2. The monoisotopic (exact) mass is 376 g/mol. The number of carbonyl (C=O) groups is 1. The van der Waals surface area contributed by atoms with Gasteiger partial charge in [0.05, 0.1) is 10.5 Å². The highest BCUT2D eigenvalue weighted by molar-refractivity contribution is 7.89. The molecule has 8 heteroatoms. The fourth-order valence-corrected chi connectivity index (χ4v) is 2.81. The van der Waals surface area contributed by atoms with Gasteiger partial charge in [0.25, 0.3) is 5.91 Å². The van der Waals surface area contributed by atoms with Crippen LogP contribution >= 0.6 is 0 Å². The molecule has 1 aromatic heterocycles. The SMILES string of the molecule is CCCCNc1ccc(C(=O)NCCc2ccc(S(N)(=O)=O)cc2)cn1. The fourth-order valence-electron chi connectivity index (χ4n) is 2.29. The number of hydrogen-bond acceptors (Lipinski definition) is 5. The summed E-state index contributed by atoms with van der Waals surface area (Å²) in [5.41, 5.74) is 1.40. The second-order valence-electron chi connectivity index (χ2n) is 5.91. The first-order valence-corrected chi connectivity index (χ1v) is 10.0. The molecule has 0 saturated carbocycles. The summed E-state index contributed by atoms with van der Waals surface area (Å²) in [6.45, 7) is 3.42. The maximum Gasteiger partial charge on any atom is 0.252 e. The van der Waals surface area contributed by atoms with Crippen LogP contribution in [0, 0.1) is 0 Å². The van der Waals surface area contributed by atoms with Crippen LogP contribution in [0.2, 0.25) is 0 Å². The van der Waals surface area contributed by atoms with E-state index in [1.165, 1.54) is 12.1 Å². The van der Waals surface area contributed by atoms with Gasteiger partial charge in [0.2, 0.25) is 10.0 Å². The van der Waals surface area contributed by atoms with E-state index < -0.39 is 10.0 Å². The van der Waals surface area contributed by atoms with E-state index in [1.54, 1.807) is 30.5 Å². The Morgan fingerprint density at radius 1 is 1.12 bits per heavy atom. The lowest BCUT2D eigenvalue weighted by Crippen LogP contribution is -2.25. The molecule has 0 fully saturated rings. The van der Waals surface area contributed by atoms with Crippen LogP contribution < -0.4 is 15.8 Å². The quantitative estimate of drug-likeness (QED) is 0.579. The number of amides is 1. The third-order valence-electron chi connectivity index (χ3n) is 3.81. The number of pyridine rings is 1. The van der Waals surface area contributed by atoms with Gasteiger partial charge < -0.3 is 10.6 Å². The van der Waals surface area contributed by atoms with Gasteiger partial charge >= 0.3 is 0 Å². The Balaban J connectivity index is 1.81. The number of sulfonamides is 1. The zero-order valence-corrected chi connectivity index (χ0v) is 15.6. The fraction of sp³-hybridized carbons (Fsp3) is 0.333. The van der Waals surface area contributed by atoms with Crippen molar-refractivity contribution >= 4 is 21.7 Å². The Morgan fingerprint density at radius 3 is 2.42 bits per heavy atom. The van der Waals surface area contributed by atoms with Crippen LogP contribution in [0.3, 0.4) is 0 Å². The largest absolute Gasteiger partial charge is 0.370 e. The van der Waals surface area contributed by atoms with Gasteiger partial charge in [-0.1, -0.05) is 25.5 Å². The van der Waals surface area contributed by atoms with E-state index in [-0.39, 0.29) is 10.8 Å². The zero-order valence-electron chi connectivity index (χ0n) is 14.7. The average Bonchev–Trinajstić information content (AvgIpc) is 2.62. The first-order valence-electron chi connectivity index (χ1n) is 8.50. The third-order valence-corrected chi connectivity index (χ3v) is 4.74. The summed E-state index contributed by atoms with van der Waals surface area (Å²) in [6, 6.07) is 9.81. The number of anilines is 1. The first kappa shape index (κ1) is 19.9. The minimum Gasteiger partial charge on any atom is -0.370 e. The summed E-state index contributed by atoms with van der Waals surface area (Å²) < 4.78 is 22.4. The van der Waals surface area contributed by atoms with Gasteiger partial charge in [-0.2, -0.15) is 0 Å². The molecule has 7 nitrogen and oxygen atoms in total. The molecule has 140 valence electrons. The van der Waals surface area contributed by atoms with Crippen LogP contribution in [0.25, 0.3) is 0 Å². The van der Waals surface area contributed by atoms with Gasteiger partial charge in [-0.05, 0) is 42.7 Å². The van der Waals surface area contributed by atoms with Crippen LogP contribution in [0.15, 0.2) is 47.5 Å². The van der Waals surface area contributed by atoms with E-state index in [4.69, 9.17) is 5.14 Å². The van der Waals surface area contributed by atoms with Crippen molar-refractivity contribution in [3.05, 3.63) is 53.7 Å². The van der Waals surface area contributed by atoms with Gasteiger partial charge in [-0.25, -0.2) is 18.5 Å². The highest BCUT2D eigenvalue weighted by Crippen LogP contribution is 2.09. The maximum atomic E-state index is 12.1. The van der Waals surface area contributed by atoms with E-state index in [2.05, 4.69) is 22.5 Å². The Kier molecular flexibility index (Phi) is 7.11. The zero-order chi connectivity index (χ0) is 19.0. The van der Waals surface area contributed by atoms with Crippen LogP contribution in [0.5, 0.6) is 0 Å². The van der Waals surface area contributed by atoms with Gasteiger partial charge in [-0.15, -0.1) is 0 Å². The van der Waals surface area contributed by atoms with E-state index in [9.17, 15) is 13.2 Å². The predicted molar refractivity (Wildman–Crippen MR) is 101 cm³/mol. The van der Waals surface area contributed by atoms with Crippen LogP contribution in [0.1, 0.15) is 35.7 Å². The summed E-state index contributed by atoms with van der Waals surface area (Å²) in [6.07, 6.45) is 4.31. The summed E-state index contributed by atoms with van der Waals surface area (Å²) >= 11 is 0. The molecule has 0 saturated heterocycles. The molecule has 0 spiro atoms. The van der Waals surface area contributed by atoms with E-state index in [0.29, 0.717) is 18.5 Å². The molecular weight excluding hydrogens is 352 g/mol. The molecule has 0 aliphatic carbocycles.